The molecule has 30 heavy (non-hydrogen) atoms. The molecule has 0 aliphatic rings. The second-order valence-corrected chi connectivity index (χ2v) is 8.27. The van der Waals surface area contributed by atoms with Crippen LogP contribution in [0.1, 0.15) is 0 Å². The third kappa shape index (κ3) is 2.59. The highest BCUT2D eigenvalue weighted by Crippen LogP contribution is 2.37. The first-order chi connectivity index (χ1) is 14.8. The van der Waals surface area contributed by atoms with E-state index in [0.29, 0.717) is 0 Å². The van der Waals surface area contributed by atoms with E-state index in [9.17, 15) is 0 Å². The van der Waals surface area contributed by atoms with Crippen molar-refractivity contribution in [1.82, 2.24) is 9.55 Å². The summed E-state index contributed by atoms with van der Waals surface area (Å²) in [6.45, 7) is 0. The van der Waals surface area contributed by atoms with Crippen molar-refractivity contribution in [2.24, 2.45) is 0 Å². The number of aromatic nitrogens is 2. The molecule has 6 aromatic rings. The highest BCUT2D eigenvalue weighted by Gasteiger charge is 2.14. The lowest BCUT2D eigenvalue weighted by molar-refractivity contribution is 1.18. The van der Waals surface area contributed by atoms with E-state index < -0.39 is 0 Å². The molecule has 0 aliphatic carbocycles. The van der Waals surface area contributed by atoms with Gasteiger partial charge in [-0.05, 0) is 64.4 Å². The molecule has 0 radical (unpaired) electrons. The largest absolute Gasteiger partial charge is 0.308 e. The van der Waals surface area contributed by atoms with Crippen LogP contribution >= 0.6 is 15.9 Å². The van der Waals surface area contributed by atoms with Gasteiger partial charge in [0.25, 0.3) is 0 Å². The van der Waals surface area contributed by atoms with Gasteiger partial charge in [-0.2, -0.15) is 0 Å². The van der Waals surface area contributed by atoms with E-state index in [4.69, 9.17) is 4.98 Å². The summed E-state index contributed by atoms with van der Waals surface area (Å²) in [5, 5.41) is 3.63. The molecule has 0 aliphatic heterocycles. The van der Waals surface area contributed by atoms with E-state index in [2.05, 4.69) is 105 Å². The molecule has 0 unspecified atom stereocenters. The van der Waals surface area contributed by atoms with E-state index in [-0.39, 0.29) is 0 Å². The lowest BCUT2D eigenvalue weighted by atomic mass is 9.97. The van der Waals surface area contributed by atoms with Gasteiger partial charge in [-0.15, -0.1) is 0 Å². The van der Waals surface area contributed by atoms with Crippen LogP contribution in [0, 0.1) is 0 Å². The molecule has 0 saturated carbocycles. The normalized spacial score (nSPS) is 11.5. The number of nitrogens with zero attached hydrogens (tertiary/aromatic N) is 2. The smallest absolute Gasteiger partial charge is 0.0963 e. The van der Waals surface area contributed by atoms with E-state index in [1.807, 2.05) is 18.3 Å². The Hall–Kier alpha value is -3.43. The Balaban J connectivity index is 1.68. The molecular formula is C27H17BrN2. The minimum atomic E-state index is 1.03. The van der Waals surface area contributed by atoms with Crippen molar-refractivity contribution in [3.8, 4) is 16.8 Å². The van der Waals surface area contributed by atoms with Gasteiger partial charge in [0.2, 0.25) is 0 Å². The Morgan fingerprint density at radius 1 is 0.633 bits per heavy atom. The minimum absolute atomic E-state index is 1.03. The molecule has 2 aromatic heterocycles. The van der Waals surface area contributed by atoms with Crippen LogP contribution in [0.3, 0.4) is 0 Å². The van der Waals surface area contributed by atoms with Crippen molar-refractivity contribution >= 4 is 48.6 Å². The van der Waals surface area contributed by atoms with Crippen LogP contribution in [0.15, 0.2) is 108 Å². The molecule has 0 N–H and O–H groups in total. The second kappa shape index (κ2) is 6.82. The highest BCUT2D eigenvalue weighted by molar-refractivity contribution is 9.10. The molecule has 0 spiro atoms. The van der Waals surface area contributed by atoms with Crippen LogP contribution in [0.5, 0.6) is 0 Å². The zero-order chi connectivity index (χ0) is 20.1. The maximum Gasteiger partial charge on any atom is 0.0963 e. The SMILES string of the molecule is Brc1ccc(-c2ccc3c(c2)c2ncccc2n3-c2ccccc2)c2ccccc12. The molecule has 3 heteroatoms. The van der Waals surface area contributed by atoms with Gasteiger partial charge in [-0.1, -0.05) is 70.5 Å². The van der Waals surface area contributed by atoms with Crippen LogP contribution in [0.2, 0.25) is 0 Å². The maximum atomic E-state index is 4.74. The first-order valence-corrected chi connectivity index (χ1v) is 10.7. The number of para-hydroxylation sites is 1. The number of hydrogen-bond donors (Lipinski definition) is 0. The van der Waals surface area contributed by atoms with Gasteiger partial charge in [-0.25, -0.2) is 0 Å². The summed E-state index contributed by atoms with van der Waals surface area (Å²) in [6.07, 6.45) is 1.87. The molecule has 2 heterocycles. The Kier molecular flexibility index (Phi) is 3.96. The van der Waals surface area contributed by atoms with E-state index in [1.165, 1.54) is 32.8 Å². The standard InChI is InChI=1S/C27H17BrN2/c28-24-14-13-20(21-9-4-5-10-22(21)24)18-12-15-25-23(17-18)27-26(11-6-16-29-27)30(25)19-7-2-1-3-8-19/h1-17H. The summed E-state index contributed by atoms with van der Waals surface area (Å²) < 4.78 is 3.41. The molecule has 4 aromatic carbocycles. The van der Waals surface area contributed by atoms with Gasteiger partial charge in [0.1, 0.15) is 0 Å². The van der Waals surface area contributed by atoms with Crippen LogP contribution in [-0.2, 0) is 0 Å². The zero-order valence-corrected chi connectivity index (χ0v) is 17.7. The fourth-order valence-electron chi connectivity index (χ4n) is 4.37. The quantitative estimate of drug-likeness (QED) is 0.264. The van der Waals surface area contributed by atoms with Gasteiger partial charge in [0, 0.05) is 21.7 Å². The maximum absolute atomic E-state index is 4.74. The molecule has 0 amide bonds. The summed E-state index contributed by atoms with van der Waals surface area (Å²) >= 11 is 3.69. The molecule has 2 nitrogen and oxygen atoms in total. The third-order valence-corrected chi connectivity index (χ3v) is 6.41. The fourth-order valence-corrected chi connectivity index (χ4v) is 4.85. The third-order valence-electron chi connectivity index (χ3n) is 5.72. The van der Waals surface area contributed by atoms with Gasteiger partial charge in [0.05, 0.1) is 16.6 Å². The number of rotatable bonds is 2. The van der Waals surface area contributed by atoms with Crippen molar-refractivity contribution in [3.63, 3.8) is 0 Å². The zero-order valence-electron chi connectivity index (χ0n) is 16.1. The van der Waals surface area contributed by atoms with Gasteiger partial charge in [0.15, 0.2) is 0 Å². The Labute approximate surface area is 182 Å². The van der Waals surface area contributed by atoms with E-state index >= 15 is 0 Å². The molecule has 0 atom stereocenters. The lowest BCUT2D eigenvalue weighted by Crippen LogP contribution is -1.93. The molecule has 0 fully saturated rings. The van der Waals surface area contributed by atoms with Crippen molar-refractivity contribution < 1.29 is 0 Å². The molecule has 0 saturated heterocycles. The minimum Gasteiger partial charge on any atom is -0.308 e. The van der Waals surface area contributed by atoms with Gasteiger partial charge < -0.3 is 4.57 Å². The van der Waals surface area contributed by atoms with Crippen LogP contribution in [0.25, 0.3) is 49.5 Å². The van der Waals surface area contributed by atoms with E-state index in [0.717, 1.165) is 21.2 Å². The molecular weight excluding hydrogens is 432 g/mol. The Morgan fingerprint density at radius 2 is 1.43 bits per heavy atom. The van der Waals surface area contributed by atoms with Crippen molar-refractivity contribution in [2.45, 2.75) is 0 Å². The number of fused-ring (bicyclic) bond motifs is 4. The number of halogens is 1. The monoisotopic (exact) mass is 448 g/mol. The fraction of sp³-hybridized carbons (Fsp3) is 0. The van der Waals surface area contributed by atoms with Gasteiger partial charge >= 0.3 is 0 Å². The summed E-state index contributed by atoms with van der Waals surface area (Å²) in [4.78, 5) is 4.74. The van der Waals surface area contributed by atoms with E-state index in [1.54, 1.807) is 0 Å². The predicted octanol–water partition coefficient (Wildman–Crippen LogP) is 7.76. The van der Waals surface area contributed by atoms with Crippen LogP contribution < -0.4 is 0 Å². The average Bonchev–Trinajstić information content (AvgIpc) is 3.14. The predicted molar refractivity (Wildman–Crippen MR) is 129 cm³/mol. The summed E-state index contributed by atoms with van der Waals surface area (Å²) in [5.41, 5.74) is 6.89. The average molecular weight is 449 g/mol. The summed E-state index contributed by atoms with van der Waals surface area (Å²) in [7, 11) is 0. The topological polar surface area (TPSA) is 17.8 Å². The summed E-state index contributed by atoms with van der Waals surface area (Å²) in [6, 6.07) is 34.2. The Morgan fingerprint density at radius 3 is 2.30 bits per heavy atom. The molecule has 6 rings (SSSR count). The van der Waals surface area contributed by atoms with Crippen molar-refractivity contribution in [1.29, 1.82) is 0 Å². The molecule has 0 bridgehead atoms. The molecule has 142 valence electrons. The highest BCUT2D eigenvalue weighted by atomic mass is 79.9. The Bertz CT molecular complexity index is 1550. The lowest BCUT2D eigenvalue weighted by Gasteiger charge is -2.10. The first kappa shape index (κ1) is 17.4. The number of pyridine rings is 1. The first-order valence-electron chi connectivity index (χ1n) is 9.93. The van der Waals surface area contributed by atoms with Crippen molar-refractivity contribution in [2.75, 3.05) is 0 Å². The summed E-state index contributed by atoms with van der Waals surface area (Å²) in [5.74, 6) is 0. The van der Waals surface area contributed by atoms with Crippen LogP contribution in [0.4, 0.5) is 0 Å². The number of hydrogen-bond acceptors (Lipinski definition) is 1. The van der Waals surface area contributed by atoms with Crippen molar-refractivity contribution in [3.05, 3.63) is 108 Å². The number of benzene rings is 4. The van der Waals surface area contributed by atoms with Gasteiger partial charge in [-0.3, -0.25) is 4.98 Å². The second-order valence-electron chi connectivity index (χ2n) is 7.41. The van der Waals surface area contributed by atoms with Crippen LogP contribution in [-0.4, -0.2) is 9.55 Å².